The summed E-state index contributed by atoms with van der Waals surface area (Å²) in [5.41, 5.74) is 0. The predicted octanol–water partition coefficient (Wildman–Crippen LogP) is 2.91. The van der Waals surface area contributed by atoms with Gasteiger partial charge in [-0.1, -0.05) is 19.9 Å². The number of phenols is 1. The lowest BCUT2D eigenvalue weighted by Gasteiger charge is -2.31. The summed E-state index contributed by atoms with van der Waals surface area (Å²) in [6.07, 6.45) is 4.09. The van der Waals surface area contributed by atoms with E-state index in [2.05, 4.69) is 11.8 Å². The Bertz CT molecular complexity index is 610. The van der Waals surface area contributed by atoms with Crippen LogP contribution in [0.1, 0.15) is 39.5 Å². The van der Waals surface area contributed by atoms with Crippen molar-refractivity contribution in [3.63, 3.8) is 0 Å². The van der Waals surface area contributed by atoms with Crippen LogP contribution in [0.15, 0.2) is 29.2 Å². The van der Waals surface area contributed by atoms with Crippen molar-refractivity contribution in [2.24, 2.45) is 5.92 Å². The highest BCUT2D eigenvalue weighted by molar-refractivity contribution is 7.89. The molecular weight excluding hydrogens is 324 g/mol. The Hall–Kier alpha value is -1.11. The van der Waals surface area contributed by atoms with Gasteiger partial charge in [0, 0.05) is 13.1 Å². The Morgan fingerprint density at radius 2 is 1.96 bits per heavy atom. The van der Waals surface area contributed by atoms with E-state index >= 15 is 0 Å². The molecule has 0 unspecified atom stereocenters. The quantitative estimate of drug-likeness (QED) is 0.780. The summed E-state index contributed by atoms with van der Waals surface area (Å²) in [5, 5.41) is 9.57. The molecule has 1 saturated heterocycles. The molecule has 0 aliphatic carbocycles. The molecule has 2 rings (SSSR count). The van der Waals surface area contributed by atoms with E-state index in [1.165, 1.54) is 25.0 Å². The molecule has 0 amide bonds. The van der Waals surface area contributed by atoms with E-state index in [9.17, 15) is 13.5 Å². The number of hydrogen-bond acceptors (Lipinski definition) is 4. The number of benzene rings is 1. The summed E-state index contributed by atoms with van der Waals surface area (Å²) in [4.78, 5) is 2.60. The van der Waals surface area contributed by atoms with Crippen LogP contribution in [0, 0.1) is 5.92 Å². The van der Waals surface area contributed by atoms with Crippen LogP contribution < -0.4 is 0 Å². The Kier molecular flexibility index (Phi) is 7.07. The smallest absolute Gasteiger partial charge is 0.243 e. The van der Waals surface area contributed by atoms with E-state index < -0.39 is 10.0 Å². The molecule has 1 aromatic rings. The maximum absolute atomic E-state index is 12.8. The number of likely N-dealkylation sites (tertiary alicyclic amines) is 1. The van der Waals surface area contributed by atoms with Crippen LogP contribution in [-0.2, 0) is 10.0 Å². The third-order valence-electron chi connectivity index (χ3n) is 4.69. The molecule has 1 N–H and O–H groups in total. The Morgan fingerprint density at radius 1 is 1.25 bits per heavy atom. The molecule has 1 aromatic carbocycles. The number of aromatic hydroxyl groups is 1. The van der Waals surface area contributed by atoms with Crippen LogP contribution in [0.5, 0.6) is 5.75 Å². The SMILES string of the molecule is CCCN(CCCN1CCC(C)CC1)S(=O)(=O)c1cccc(O)c1. The van der Waals surface area contributed by atoms with Gasteiger partial charge in [-0.3, -0.25) is 0 Å². The molecular formula is C18H30N2O3S. The fraction of sp³-hybridized carbons (Fsp3) is 0.667. The van der Waals surface area contributed by atoms with Crippen LogP contribution in [0.25, 0.3) is 0 Å². The molecule has 136 valence electrons. The van der Waals surface area contributed by atoms with E-state index in [4.69, 9.17) is 0 Å². The van der Waals surface area contributed by atoms with Crippen molar-refractivity contribution in [2.45, 2.75) is 44.4 Å². The van der Waals surface area contributed by atoms with Gasteiger partial charge in [-0.2, -0.15) is 4.31 Å². The topological polar surface area (TPSA) is 60.9 Å². The largest absolute Gasteiger partial charge is 0.508 e. The zero-order valence-electron chi connectivity index (χ0n) is 14.8. The van der Waals surface area contributed by atoms with Crippen LogP contribution in [-0.4, -0.2) is 55.5 Å². The zero-order chi connectivity index (χ0) is 17.6. The van der Waals surface area contributed by atoms with Crippen molar-refractivity contribution in [1.29, 1.82) is 0 Å². The van der Waals surface area contributed by atoms with Crippen molar-refractivity contribution in [3.8, 4) is 5.75 Å². The molecule has 0 radical (unpaired) electrons. The summed E-state index contributed by atoms with van der Waals surface area (Å²) >= 11 is 0. The number of phenolic OH excluding ortho intramolecular Hbond substituents is 1. The zero-order valence-corrected chi connectivity index (χ0v) is 15.6. The van der Waals surface area contributed by atoms with Gasteiger partial charge in [-0.25, -0.2) is 8.42 Å². The molecule has 1 aliphatic heterocycles. The lowest BCUT2D eigenvalue weighted by atomic mass is 9.99. The van der Waals surface area contributed by atoms with Crippen LogP contribution in [0.4, 0.5) is 0 Å². The molecule has 1 aliphatic rings. The summed E-state index contributed by atoms with van der Waals surface area (Å²) in [6, 6.07) is 5.93. The van der Waals surface area contributed by atoms with E-state index in [1.54, 1.807) is 16.4 Å². The third-order valence-corrected chi connectivity index (χ3v) is 6.58. The third kappa shape index (κ3) is 5.19. The first-order valence-corrected chi connectivity index (χ1v) is 10.4. The van der Waals surface area contributed by atoms with E-state index in [0.29, 0.717) is 13.1 Å². The lowest BCUT2D eigenvalue weighted by Crippen LogP contribution is -2.37. The lowest BCUT2D eigenvalue weighted by molar-refractivity contribution is 0.186. The standard InChI is InChI=1S/C18H30N2O3S/c1-3-10-20(12-5-11-19-13-8-16(2)9-14-19)24(22,23)18-7-4-6-17(21)15-18/h4,6-7,15-16,21H,3,5,8-14H2,1-2H3. The predicted molar refractivity (Wildman–Crippen MR) is 96.6 cm³/mol. The van der Waals surface area contributed by atoms with E-state index in [-0.39, 0.29) is 10.6 Å². The average molecular weight is 355 g/mol. The Morgan fingerprint density at radius 3 is 2.58 bits per heavy atom. The number of rotatable bonds is 8. The number of nitrogens with zero attached hydrogens (tertiary/aromatic N) is 2. The van der Waals surface area contributed by atoms with Crippen LogP contribution in [0.3, 0.4) is 0 Å². The van der Waals surface area contributed by atoms with Crippen molar-refractivity contribution < 1.29 is 13.5 Å². The minimum Gasteiger partial charge on any atom is -0.508 e. The fourth-order valence-electron chi connectivity index (χ4n) is 3.15. The molecule has 0 atom stereocenters. The fourth-order valence-corrected chi connectivity index (χ4v) is 4.76. The van der Waals surface area contributed by atoms with E-state index in [0.717, 1.165) is 38.4 Å². The Labute approximate surface area is 146 Å². The van der Waals surface area contributed by atoms with Crippen molar-refractivity contribution in [3.05, 3.63) is 24.3 Å². The van der Waals surface area contributed by atoms with Gasteiger partial charge >= 0.3 is 0 Å². The van der Waals surface area contributed by atoms with Crippen molar-refractivity contribution in [1.82, 2.24) is 9.21 Å². The second-order valence-electron chi connectivity index (χ2n) is 6.78. The second-order valence-corrected chi connectivity index (χ2v) is 8.72. The maximum Gasteiger partial charge on any atom is 0.243 e. The number of hydrogen-bond donors (Lipinski definition) is 1. The average Bonchev–Trinajstić information content (AvgIpc) is 2.56. The van der Waals surface area contributed by atoms with Crippen LogP contribution in [0.2, 0.25) is 0 Å². The first kappa shape index (κ1) is 19.2. The summed E-state index contributed by atoms with van der Waals surface area (Å²) in [6.45, 7) is 8.50. The highest BCUT2D eigenvalue weighted by Crippen LogP contribution is 2.21. The molecule has 0 spiro atoms. The molecule has 0 aromatic heterocycles. The maximum atomic E-state index is 12.8. The molecule has 24 heavy (non-hydrogen) atoms. The van der Waals surface area contributed by atoms with Gasteiger partial charge in [-0.15, -0.1) is 0 Å². The number of piperidine rings is 1. The molecule has 0 saturated carbocycles. The molecule has 0 bridgehead atoms. The highest BCUT2D eigenvalue weighted by atomic mass is 32.2. The number of sulfonamides is 1. The van der Waals surface area contributed by atoms with Gasteiger partial charge in [0.2, 0.25) is 10.0 Å². The van der Waals surface area contributed by atoms with Gasteiger partial charge in [0.1, 0.15) is 5.75 Å². The van der Waals surface area contributed by atoms with E-state index in [1.807, 2.05) is 6.92 Å². The Balaban J connectivity index is 1.95. The van der Waals surface area contributed by atoms with Gasteiger partial charge in [0.15, 0.2) is 0 Å². The highest BCUT2D eigenvalue weighted by Gasteiger charge is 2.24. The minimum absolute atomic E-state index is 0.0186. The first-order chi connectivity index (χ1) is 11.4. The summed E-state index contributed by atoms with van der Waals surface area (Å²) in [5.74, 6) is 0.791. The molecule has 6 heteroatoms. The van der Waals surface area contributed by atoms with Crippen molar-refractivity contribution >= 4 is 10.0 Å². The van der Waals surface area contributed by atoms with Crippen LogP contribution >= 0.6 is 0 Å². The first-order valence-electron chi connectivity index (χ1n) is 8.95. The van der Waals surface area contributed by atoms with Gasteiger partial charge in [-0.05, 0) is 69.4 Å². The van der Waals surface area contributed by atoms with Gasteiger partial charge in [0.05, 0.1) is 4.90 Å². The summed E-state index contributed by atoms with van der Waals surface area (Å²) in [7, 11) is -3.54. The minimum atomic E-state index is -3.54. The summed E-state index contributed by atoms with van der Waals surface area (Å²) < 4.78 is 27.2. The molecule has 1 fully saturated rings. The molecule has 1 heterocycles. The normalized spacial score (nSPS) is 17.5. The monoisotopic (exact) mass is 354 g/mol. The van der Waals surface area contributed by atoms with Gasteiger partial charge in [0.25, 0.3) is 0 Å². The van der Waals surface area contributed by atoms with Crippen molar-refractivity contribution in [2.75, 3.05) is 32.7 Å². The second kappa shape index (κ2) is 8.83. The molecule has 5 nitrogen and oxygen atoms in total. The van der Waals surface area contributed by atoms with Gasteiger partial charge < -0.3 is 10.0 Å².